The van der Waals surface area contributed by atoms with Gasteiger partial charge in [0.25, 0.3) is 5.91 Å². The molecule has 6 heteroatoms. The van der Waals surface area contributed by atoms with Crippen molar-refractivity contribution >= 4 is 17.5 Å². The van der Waals surface area contributed by atoms with Crippen molar-refractivity contribution in [3.63, 3.8) is 0 Å². The van der Waals surface area contributed by atoms with Gasteiger partial charge in [0.05, 0.1) is 49.8 Å². The largest absolute Gasteiger partial charge is 0.346 e. The van der Waals surface area contributed by atoms with Crippen LogP contribution in [0.25, 0.3) is 5.69 Å². The first-order valence-corrected chi connectivity index (χ1v) is 8.73. The fourth-order valence-corrected chi connectivity index (χ4v) is 2.83. The van der Waals surface area contributed by atoms with E-state index in [1.807, 2.05) is 35.9 Å². The predicted molar refractivity (Wildman–Crippen MR) is 97.3 cm³/mol. The first kappa shape index (κ1) is 18.5. The van der Waals surface area contributed by atoms with Crippen molar-refractivity contribution in [3.8, 4) is 5.69 Å². The molecule has 0 radical (unpaired) electrons. The van der Waals surface area contributed by atoms with E-state index in [4.69, 9.17) is 11.6 Å². The van der Waals surface area contributed by atoms with Crippen LogP contribution in [-0.2, 0) is 6.42 Å². The van der Waals surface area contributed by atoms with Gasteiger partial charge in [0.1, 0.15) is 0 Å². The van der Waals surface area contributed by atoms with Gasteiger partial charge in [-0.05, 0) is 31.5 Å². The van der Waals surface area contributed by atoms with Crippen LogP contribution in [0.4, 0.5) is 0 Å². The molecule has 0 saturated heterocycles. The molecule has 0 bridgehead atoms. The first-order chi connectivity index (χ1) is 11.4. The molecule has 1 heterocycles. The minimum Gasteiger partial charge on any atom is -0.346 e. The van der Waals surface area contributed by atoms with Crippen molar-refractivity contribution in [3.05, 3.63) is 46.2 Å². The molecule has 1 aromatic heterocycles. The highest BCUT2D eigenvalue weighted by atomic mass is 35.5. The lowest BCUT2D eigenvalue weighted by molar-refractivity contribution is -0.856. The van der Waals surface area contributed by atoms with Crippen molar-refractivity contribution in [2.24, 2.45) is 0 Å². The number of hydrogen-bond acceptors (Lipinski definition) is 2. The summed E-state index contributed by atoms with van der Waals surface area (Å²) in [6.45, 7) is 5.55. The standard InChI is InChI=1S/C18H25ClN4O/c1-5-7-16-17(18(24)20-10-11-22(3)4)13(2)23(21-16)15-9-6-8-14(19)12-15/h6,8-9,12H,5,7,10-11H2,1-4H3,(H,20,24)/p+1. The number of aryl methyl sites for hydroxylation is 1. The highest BCUT2D eigenvalue weighted by Gasteiger charge is 2.21. The van der Waals surface area contributed by atoms with E-state index >= 15 is 0 Å². The molecule has 0 saturated carbocycles. The average Bonchev–Trinajstić information content (AvgIpc) is 2.84. The van der Waals surface area contributed by atoms with Gasteiger partial charge in [0.15, 0.2) is 0 Å². The molecule has 1 amide bonds. The number of aromatic nitrogens is 2. The highest BCUT2D eigenvalue weighted by Crippen LogP contribution is 2.21. The van der Waals surface area contributed by atoms with E-state index in [0.29, 0.717) is 17.1 Å². The maximum atomic E-state index is 12.7. The molecule has 0 aliphatic rings. The van der Waals surface area contributed by atoms with Crippen LogP contribution in [0.2, 0.25) is 5.02 Å². The lowest BCUT2D eigenvalue weighted by atomic mass is 10.1. The number of hydrogen-bond donors (Lipinski definition) is 2. The molecule has 1 aromatic carbocycles. The number of rotatable bonds is 7. The molecular formula is C18H26ClN4O+. The molecule has 0 aliphatic heterocycles. The van der Waals surface area contributed by atoms with E-state index in [1.54, 1.807) is 0 Å². The number of carbonyl (C=O) groups excluding carboxylic acids is 1. The Labute approximate surface area is 148 Å². The second-order valence-corrected chi connectivity index (χ2v) is 6.70. The quantitative estimate of drug-likeness (QED) is 0.798. The Kier molecular flexibility index (Phi) is 6.40. The molecule has 0 aliphatic carbocycles. The van der Waals surface area contributed by atoms with Gasteiger partial charge in [-0.1, -0.05) is 31.0 Å². The Hall–Kier alpha value is -1.85. The minimum atomic E-state index is -0.0505. The van der Waals surface area contributed by atoms with Crippen LogP contribution >= 0.6 is 11.6 Å². The predicted octanol–water partition coefficient (Wildman–Crippen LogP) is 1.66. The third-order valence-corrected chi connectivity index (χ3v) is 4.10. The number of halogens is 1. The van der Waals surface area contributed by atoms with E-state index in [9.17, 15) is 4.79 Å². The van der Waals surface area contributed by atoms with Gasteiger partial charge in [-0.15, -0.1) is 0 Å². The number of quaternary nitrogens is 1. The molecule has 0 unspecified atom stereocenters. The number of nitrogens with one attached hydrogen (secondary N) is 2. The lowest BCUT2D eigenvalue weighted by Gasteiger charge is -2.09. The van der Waals surface area contributed by atoms with Crippen LogP contribution in [-0.4, -0.2) is 42.9 Å². The van der Waals surface area contributed by atoms with Crippen LogP contribution in [0.3, 0.4) is 0 Å². The molecule has 130 valence electrons. The summed E-state index contributed by atoms with van der Waals surface area (Å²) < 4.78 is 1.81. The lowest BCUT2D eigenvalue weighted by Crippen LogP contribution is -3.06. The second-order valence-electron chi connectivity index (χ2n) is 6.26. The smallest absolute Gasteiger partial charge is 0.255 e. The molecule has 24 heavy (non-hydrogen) atoms. The molecule has 2 rings (SSSR count). The van der Waals surface area contributed by atoms with Crippen LogP contribution in [0, 0.1) is 6.92 Å². The summed E-state index contributed by atoms with van der Waals surface area (Å²) in [5.74, 6) is -0.0505. The van der Waals surface area contributed by atoms with Crippen LogP contribution < -0.4 is 10.2 Å². The number of amides is 1. The van der Waals surface area contributed by atoms with Gasteiger partial charge in [-0.3, -0.25) is 4.79 Å². The van der Waals surface area contributed by atoms with Crippen LogP contribution in [0.15, 0.2) is 24.3 Å². The van der Waals surface area contributed by atoms with Crippen LogP contribution in [0.5, 0.6) is 0 Å². The zero-order valence-electron chi connectivity index (χ0n) is 14.8. The number of carbonyl (C=O) groups is 1. The zero-order chi connectivity index (χ0) is 17.7. The molecule has 0 spiro atoms. The molecular weight excluding hydrogens is 324 g/mol. The number of nitrogens with zero attached hydrogens (tertiary/aromatic N) is 2. The summed E-state index contributed by atoms with van der Waals surface area (Å²) in [4.78, 5) is 14.0. The van der Waals surface area contributed by atoms with Crippen molar-refractivity contribution in [1.82, 2.24) is 15.1 Å². The normalized spacial score (nSPS) is 11.1. The fourth-order valence-electron chi connectivity index (χ4n) is 2.64. The second kappa shape index (κ2) is 8.31. The third kappa shape index (κ3) is 4.36. The maximum Gasteiger partial charge on any atom is 0.255 e. The maximum absolute atomic E-state index is 12.7. The monoisotopic (exact) mass is 349 g/mol. The zero-order valence-corrected chi connectivity index (χ0v) is 15.6. The average molecular weight is 350 g/mol. The SMILES string of the molecule is CCCc1nn(-c2cccc(Cl)c2)c(C)c1C(=O)NCC[NH+](C)C. The fraction of sp³-hybridized carbons (Fsp3) is 0.444. The van der Waals surface area contributed by atoms with Crippen LogP contribution in [0.1, 0.15) is 35.1 Å². The summed E-state index contributed by atoms with van der Waals surface area (Å²) in [6, 6.07) is 7.51. The molecule has 5 nitrogen and oxygen atoms in total. The molecule has 2 aromatic rings. The van der Waals surface area contributed by atoms with Crippen molar-refractivity contribution in [1.29, 1.82) is 0 Å². The van der Waals surface area contributed by atoms with Gasteiger partial charge in [0.2, 0.25) is 0 Å². The van der Waals surface area contributed by atoms with Gasteiger partial charge in [-0.25, -0.2) is 4.68 Å². The van der Waals surface area contributed by atoms with Gasteiger partial charge < -0.3 is 10.2 Å². The third-order valence-electron chi connectivity index (χ3n) is 3.87. The number of benzene rings is 1. The van der Waals surface area contributed by atoms with Crippen molar-refractivity contribution in [2.75, 3.05) is 27.2 Å². The summed E-state index contributed by atoms with van der Waals surface area (Å²) in [5.41, 5.74) is 3.24. The molecule has 0 fully saturated rings. The Morgan fingerprint density at radius 2 is 2.12 bits per heavy atom. The number of likely N-dealkylation sites (N-methyl/N-ethyl adjacent to an activating group) is 1. The topological polar surface area (TPSA) is 51.4 Å². The van der Waals surface area contributed by atoms with E-state index in [1.165, 1.54) is 4.90 Å². The minimum absolute atomic E-state index is 0.0505. The van der Waals surface area contributed by atoms with Crippen molar-refractivity contribution in [2.45, 2.75) is 26.7 Å². The van der Waals surface area contributed by atoms with Gasteiger partial charge in [-0.2, -0.15) is 5.10 Å². The van der Waals surface area contributed by atoms with E-state index in [-0.39, 0.29) is 5.91 Å². The van der Waals surface area contributed by atoms with Crippen molar-refractivity contribution < 1.29 is 9.69 Å². The van der Waals surface area contributed by atoms with E-state index < -0.39 is 0 Å². The van der Waals surface area contributed by atoms with Gasteiger partial charge in [0, 0.05) is 5.02 Å². The first-order valence-electron chi connectivity index (χ1n) is 8.35. The molecule has 0 atom stereocenters. The Morgan fingerprint density at radius 1 is 1.38 bits per heavy atom. The summed E-state index contributed by atoms with van der Waals surface area (Å²) in [6.07, 6.45) is 1.71. The van der Waals surface area contributed by atoms with Gasteiger partial charge >= 0.3 is 0 Å². The summed E-state index contributed by atoms with van der Waals surface area (Å²) in [5, 5.41) is 8.33. The molecule has 2 N–H and O–H groups in total. The van der Waals surface area contributed by atoms with E-state index in [2.05, 4.69) is 31.4 Å². The Morgan fingerprint density at radius 3 is 2.75 bits per heavy atom. The summed E-state index contributed by atoms with van der Waals surface area (Å²) in [7, 11) is 4.13. The highest BCUT2D eigenvalue weighted by molar-refractivity contribution is 6.30. The Bertz CT molecular complexity index is 709. The Balaban J connectivity index is 2.34. The summed E-state index contributed by atoms with van der Waals surface area (Å²) >= 11 is 6.09. The van der Waals surface area contributed by atoms with E-state index in [0.717, 1.165) is 36.5 Å².